The number of phenolic OH excluding ortho intramolecular Hbond substituents is 1. The molecular formula is C25H27BrN2O4. The van der Waals surface area contributed by atoms with Crippen LogP contribution in [0.2, 0.25) is 0 Å². The van der Waals surface area contributed by atoms with Crippen LogP contribution in [-0.4, -0.2) is 23.0 Å². The molecule has 32 heavy (non-hydrogen) atoms. The van der Waals surface area contributed by atoms with Crippen molar-refractivity contribution in [3.8, 4) is 5.75 Å². The molecule has 7 heteroatoms. The Labute approximate surface area is 196 Å². The lowest BCUT2D eigenvalue weighted by Crippen LogP contribution is -2.54. The number of hydrogen-bond acceptors (Lipinski definition) is 4. The lowest BCUT2D eigenvalue weighted by molar-refractivity contribution is -0.122. The third-order valence-corrected chi connectivity index (χ3v) is 5.77. The molecule has 1 saturated heterocycles. The highest BCUT2D eigenvalue weighted by molar-refractivity contribution is 9.10. The Morgan fingerprint density at radius 2 is 1.41 bits per heavy atom. The van der Waals surface area contributed by atoms with E-state index in [1.807, 2.05) is 41.5 Å². The molecule has 0 spiro atoms. The molecule has 1 fully saturated rings. The third-order valence-electron chi connectivity index (χ3n) is 5.25. The van der Waals surface area contributed by atoms with E-state index in [9.17, 15) is 19.5 Å². The Hall–Kier alpha value is -2.93. The summed E-state index contributed by atoms with van der Waals surface area (Å²) in [5, 5.41) is 13.2. The SMILES string of the molecule is CC(C)(C)c1cc(/C=C2\C(=O)NC(=O)N(c3ccc(Br)cc3)C2=O)cc(C(C)(C)C)c1O. The van der Waals surface area contributed by atoms with E-state index >= 15 is 0 Å². The van der Waals surface area contributed by atoms with Crippen LogP contribution < -0.4 is 10.2 Å². The zero-order valence-electron chi connectivity index (χ0n) is 19.0. The molecule has 0 aromatic heterocycles. The summed E-state index contributed by atoms with van der Waals surface area (Å²) in [4.78, 5) is 39.1. The van der Waals surface area contributed by atoms with Gasteiger partial charge in [0.2, 0.25) is 0 Å². The van der Waals surface area contributed by atoms with E-state index in [2.05, 4.69) is 21.2 Å². The molecule has 3 rings (SSSR count). The summed E-state index contributed by atoms with van der Waals surface area (Å²) in [5.41, 5.74) is 1.49. The molecule has 1 aliphatic heterocycles. The van der Waals surface area contributed by atoms with Gasteiger partial charge < -0.3 is 5.11 Å². The van der Waals surface area contributed by atoms with Crippen LogP contribution in [0.25, 0.3) is 6.08 Å². The molecule has 0 bridgehead atoms. The van der Waals surface area contributed by atoms with Crippen molar-refractivity contribution in [2.75, 3.05) is 4.90 Å². The van der Waals surface area contributed by atoms with Gasteiger partial charge in [-0.1, -0.05) is 57.5 Å². The summed E-state index contributed by atoms with van der Waals surface area (Å²) < 4.78 is 0.798. The molecule has 4 amide bonds. The minimum atomic E-state index is -0.795. The number of nitrogens with one attached hydrogen (secondary N) is 1. The summed E-state index contributed by atoms with van der Waals surface area (Å²) in [6.07, 6.45) is 1.47. The molecular weight excluding hydrogens is 472 g/mol. The third kappa shape index (κ3) is 4.63. The fourth-order valence-corrected chi connectivity index (χ4v) is 3.80. The summed E-state index contributed by atoms with van der Waals surface area (Å²) in [6.45, 7) is 11.9. The van der Waals surface area contributed by atoms with Crippen molar-refractivity contribution in [3.63, 3.8) is 0 Å². The van der Waals surface area contributed by atoms with Crippen LogP contribution in [0.3, 0.4) is 0 Å². The molecule has 0 aliphatic carbocycles. The first-order valence-corrected chi connectivity index (χ1v) is 11.0. The average Bonchev–Trinajstić information content (AvgIpc) is 2.65. The number of hydrogen-bond donors (Lipinski definition) is 2. The second kappa shape index (κ2) is 8.20. The second-order valence-corrected chi connectivity index (χ2v) is 10.8. The maximum absolute atomic E-state index is 13.2. The average molecular weight is 499 g/mol. The standard InChI is InChI=1S/C25H27BrN2O4/c1-24(2,3)18-12-14(13-19(20(18)29)25(4,5)6)11-17-21(30)27-23(32)28(22(17)31)16-9-7-15(26)8-10-16/h7-13,29H,1-6H3,(H,27,30,32)/b17-11+. The molecule has 0 saturated carbocycles. The van der Waals surface area contributed by atoms with Gasteiger partial charge in [-0.05, 0) is 58.9 Å². The van der Waals surface area contributed by atoms with Gasteiger partial charge in [0.25, 0.3) is 11.8 Å². The van der Waals surface area contributed by atoms with Crippen molar-refractivity contribution in [1.82, 2.24) is 5.32 Å². The van der Waals surface area contributed by atoms with Gasteiger partial charge in [-0.15, -0.1) is 0 Å². The van der Waals surface area contributed by atoms with Crippen LogP contribution in [0.1, 0.15) is 58.2 Å². The molecule has 6 nitrogen and oxygen atoms in total. The van der Waals surface area contributed by atoms with E-state index in [0.717, 1.165) is 9.37 Å². The Bertz CT molecular complexity index is 1100. The molecule has 168 valence electrons. The summed E-state index contributed by atoms with van der Waals surface area (Å²) in [6, 6.07) is 9.41. The van der Waals surface area contributed by atoms with Gasteiger partial charge in [-0.25, -0.2) is 9.69 Å². The first-order chi connectivity index (χ1) is 14.7. The van der Waals surface area contributed by atoms with E-state index in [-0.39, 0.29) is 22.2 Å². The first kappa shape index (κ1) is 23.7. The molecule has 2 N–H and O–H groups in total. The maximum Gasteiger partial charge on any atom is 0.335 e. The van der Waals surface area contributed by atoms with Crippen molar-refractivity contribution < 1.29 is 19.5 Å². The first-order valence-electron chi connectivity index (χ1n) is 10.2. The predicted molar refractivity (Wildman–Crippen MR) is 129 cm³/mol. The normalized spacial score (nSPS) is 16.5. The highest BCUT2D eigenvalue weighted by Crippen LogP contribution is 2.40. The highest BCUT2D eigenvalue weighted by atomic mass is 79.9. The van der Waals surface area contributed by atoms with Crippen molar-refractivity contribution >= 4 is 45.5 Å². The Balaban J connectivity index is 2.15. The summed E-state index contributed by atoms with van der Waals surface area (Å²) in [7, 11) is 0. The van der Waals surface area contributed by atoms with Gasteiger partial charge in [0.1, 0.15) is 11.3 Å². The van der Waals surface area contributed by atoms with E-state index in [1.54, 1.807) is 36.4 Å². The van der Waals surface area contributed by atoms with Gasteiger partial charge in [-0.3, -0.25) is 14.9 Å². The topological polar surface area (TPSA) is 86.7 Å². The Kier molecular flexibility index (Phi) is 6.08. The molecule has 0 unspecified atom stereocenters. The van der Waals surface area contributed by atoms with E-state index in [4.69, 9.17) is 0 Å². The zero-order valence-corrected chi connectivity index (χ0v) is 20.6. The van der Waals surface area contributed by atoms with Gasteiger partial charge in [-0.2, -0.15) is 0 Å². The Morgan fingerprint density at radius 1 is 0.906 bits per heavy atom. The number of phenols is 1. The number of anilines is 1. The monoisotopic (exact) mass is 498 g/mol. The van der Waals surface area contributed by atoms with E-state index in [0.29, 0.717) is 22.4 Å². The molecule has 1 heterocycles. The number of barbiturate groups is 1. The van der Waals surface area contributed by atoms with Crippen molar-refractivity contribution in [1.29, 1.82) is 0 Å². The number of rotatable bonds is 2. The van der Waals surface area contributed by atoms with Gasteiger partial charge in [0, 0.05) is 15.6 Å². The largest absolute Gasteiger partial charge is 0.507 e. The van der Waals surface area contributed by atoms with Crippen LogP contribution in [0, 0.1) is 0 Å². The zero-order chi connectivity index (χ0) is 24.0. The second-order valence-electron chi connectivity index (χ2n) is 9.90. The number of halogens is 1. The molecule has 2 aromatic rings. The van der Waals surface area contributed by atoms with Crippen molar-refractivity contribution in [2.24, 2.45) is 0 Å². The number of aromatic hydroxyl groups is 1. The molecule has 0 atom stereocenters. The maximum atomic E-state index is 13.2. The van der Waals surface area contributed by atoms with Crippen molar-refractivity contribution in [3.05, 3.63) is 63.1 Å². The number of imide groups is 2. The number of carbonyl (C=O) groups excluding carboxylic acids is 3. The fourth-order valence-electron chi connectivity index (χ4n) is 3.53. The van der Waals surface area contributed by atoms with Crippen LogP contribution in [-0.2, 0) is 20.4 Å². The minimum Gasteiger partial charge on any atom is -0.507 e. The summed E-state index contributed by atoms with van der Waals surface area (Å²) in [5.74, 6) is -1.25. The minimum absolute atomic E-state index is 0.155. The number of benzene rings is 2. The van der Waals surface area contributed by atoms with Crippen LogP contribution in [0.5, 0.6) is 5.75 Å². The molecule has 1 aliphatic rings. The number of amides is 4. The number of carbonyl (C=O) groups is 3. The van der Waals surface area contributed by atoms with Crippen molar-refractivity contribution in [2.45, 2.75) is 52.4 Å². The smallest absolute Gasteiger partial charge is 0.335 e. The molecule has 0 radical (unpaired) electrons. The van der Waals surface area contributed by atoms with Gasteiger partial charge in [0.15, 0.2) is 0 Å². The Morgan fingerprint density at radius 3 is 1.88 bits per heavy atom. The molecule has 2 aromatic carbocycles. The van der Waals surface area contributed by atoms with E-state index < -0.39 is 17.8 Å². The van der Waals surface area contributed by atoms with Gasteiger partial charge in [0.05, 0.1) is 5.69 Å². The van der Waals surface area contributed by atoms with Crippen LogP contribution in [0.15, 0.2) is 46.4 Å². The van der Waals surface area contributed by atoms with Crippen LogP contribution in [0.4, 0.5) is 10.5 Å². The van der Waals surface area contributed by atoms with Gasteiger partial charge >= 0.3 is 6.03 Å². The number of nitrogens with zero attached hydrogens (tertiary/aromatic N) is 1. The summed E-state index contributed by atoms with van der Waals surface area (Å²) >= 11 is 3.33. The quantitative estimate of drug-likeness (QED) is 0.427. The lowest BCUT2D eigenvalue weighted by atomic mass is 9.78. The predicted octanol–water partition coefficient (Wildman–Crippen LogP) is 5.42. The highest BCUT2D eigenvalue weighted by Gasteiger charge is 2.37. The number of urea groups is 1. The van der Waals surface area contributed by atoms with E-state index in [1.165, 1.54) is 6.08 Å². The fraction of sp³-hybridized carbons (Fsp3) is 0.320. The van der Waals surface area contributed by atoms with Crippen LogP contribution >= 0.6 is 15.9 Å². The lowest BCUT2D eigenvalue weighted by Gasteiger charge is -2.28.